The van der Waals surface area contributed by atoms with Crippen LogP contribution in [0.3, 0.4) is 0 Å². The van der Waals surface area contributed by atoms with E-state index in [0.717, 1.165) is 23.1 Å². The minimum Gasteiger partial charge on any atom is -0.384 e. The van der Waals surface area contributed by atoms with Gasteiger partial charge in [0.05, 0.1) is 0 Å². The van der Waals surface area contributed by atoms with E-state index in [9.17, 15) is 0 Å². The van der Waals surface area contributed by atoms with Gasteiger partial charge in [0.15, 0.2) is 0 Å². The van der Waals surface area contributed by atoms with Crippen LogP contribution in [0.25, 0.3) is 11.1 Å². The smallest absolute Gasteiger partial charge is 0.122 e. The molecule has 0 amide bonds. The maximum atomic E-state index is 7.46. The van der Waals surface area contributed by atoms with Gasteiger partial charge in [0.2, 0.25) is 0 Å². The van der Waals surface area contributed by atoms with Crippen molar-refractivity contribution < 1.29 is 0 Å². The van der Waals surface area contributed by atoms with Gasteiger partial charge in [0, 0.05) is 5.56 Å². The first-order valence-corrected chi connectivity index (χ1v) is 6.24. The lowest BCUT2D eigenvalue weighted by molar-refractivity contribution is 0.922. The summed E-state index contributed by atoms with van der Waals surface area (Å²) in [5.41, 5.74) is 9.91. The maximum absolute atomic E-state index is 7.46. The first-order valence-electron chi connectivity index (χ1n) is 6.24. The Labute approximate surface area is 108 Å². The quantitative estimate of drug-likeness (QED) is 0.620. The molecule has 2 nitrogen and oxygen atoms in total. The van der Waals surface area contributed by atoms with Gasteiger partial charge in [0.25, 0.3) is 0 Å². The van der Waals surface area contributed by atoms with E-state index in [1.54, 1.807) is 0 Å². The second-order valence-corrected chi connectivity index (χ2v) is 4.44. The minimum atomic E-state index is 0.111. The molecule has 2 rings (SSSR count). The summed E-state index contributed by atoms with van der Waals surface area (Å²) in [4.78, 5) is 0. The Bertz CT molecular complexity index is 541. The van der Waals surface area contributed by atoms with Crippen molar-refractivity contribution in [3.05, 3.63) is 59.7 Å². The molecule has 0 aliphatic heterocycles. The third-order valence-corrected chi connectivity index (χ3v) is 3.00. The Hall–Kier alpha value is -2.09. The van der Waals surface area contributed by atoms with Crippen molar-refractivity contribution in [2.45, 2.75) is 19.8 Å². The SMILES string of the molecule is CCCc1ccc(-c2cccc(C(=N)N)c2)cc1. The molecule has 0 aromatic heterocycles. The summed E-state index contributed by atoms with van der Waals surface area (Å²) in [6, 6.07) is 16.4. The largest absolute Gasteiger partial charge is 0.384 e. The van der Waals surface area contributed by atoms with Gasteiger partial charge in [-0.05, 0) is 29.2 Å². The molecule has 2 aromatic carbocycles. The predicted molar refractivity (Wildman–Crippen MR) is 76.9 cm³/mol. The standard InChI is InChI=1S/C16H18N2/c1-2-4-12-7-9-13(10-8-12)14-5-3-6-15(11-14)16(17)18/h3,5-11H,2,4H2,1H3,(H3,17,18). The summed E-state index contributed by atoms with van der Waals surface area (Å²) in [7, 11) is 0. The number of rotatable bonds is 4. The van der Waals surface area contributed by atoms with E-state index in [1.807, 2.05) is 24.3 Å². The molecule has 0 aliphatic rings. The Balaban J connectivity index is 2.30. The van der Waals surface area contributed by atoms with Gasteiger partial charge in [-0.1, -0.05) is 55.8 Å². The summed E-state index contributed by atoms with van der Waals surface area (Å²) >= 11 is 0. The second-order valence-electron chi connectivity index (χ2n) is 4.44. The fraction of sp³-hybridized carbons (Fsp3) is 0.188. The molecule has 0 heterocycles. The third-order valence-electron chi connectivity index (χ3n) is 3.00. The summed E-state index contributed by atoms with van der Waals surface area (Å²) in [6.07, 6.45) is 2.28. The van der Waals surface area contributed by atoms with Crippen LogP contribution in [0.5, 0.6) is 0 Å². The zero-order valence-electron chi connectivity index (χ0n) is 10.6. The van der Waals surface area contributed by atoms with E-state index < -0.39 is 0 Å². The van der Waals surface area contributed by atoms with E-state index in [-0.39, 0.29) is 5.84 Å². The van der Waals surface area contributed by atoms with Crippen LogP contribution in [0, 0.1) is 5.41 Å². The van der Waals surface area contributed by atoms with Crippen molar-refractivity contribution in [1.29, 1.82) is 5.41 Å². The van der Waals surface area contributed by atoms with Crippen molar-refractivity contribution >= 4 is 5.84 Å². The van der Waals surface area contributed by atoms with Gasteiger partial charge >= 0.3 is 0 Å². The van der Waals surface area contributed by atoms with Gasteiger partial charge in [-0.3, -0.25) is 5.41 Å². The Morgan fingerprint density at radius 2 is 1.78 bits per heavy atom. The van der Waals surface area contributed by atoms with Crippen LogP contribution >= 0.6 is 0 Å². The number of nitrogen functional groups attached to an aromatic ring is 1. The average Bonchev–Trinajstić information content (AvgIpc) is 2.40. The molecule has 2 heteroatoms. The molecular formula is C16H18N2. The monoisotopic (exact) mass is 238 g/mol. The molecule has 2 aromatic rings. The number of nitrogens with two attached hydrogens (primary N) is 1. The van der Waals surface area contributed by atoms with Gasteiger partial charge in [-0.15, -0.1) is 0 Å². The van der Waals surface area contributed by atoms with Crippen LogP contribution in [-0.4, -0.2) is 5.84 Å². The van der Waals surface area contributed by atoms with Gasteiger partial charge < -0.3 is 5.73 Å². The van der Waals surface area contributed by atoms with Gasteiger partial charge in [0.1, 0.15) is 5.84 Å². The zero-order chi connectivity index (χ0) is 13.0. The van der Waals surface area contributed by atoms with Crippen LogP contribution in [0.4, 0.5) is 0 Å². The molecule has 0 aliphatic carbocycles. The Kier molecular flexibility index (Phi) is 3.78. The van der Waals surface area contributed by atoms with E-state index in [1.165, 1.54) is 12.0 Å². The van der Waals surface area contributed by atoms with Crippen molar-refractivity contribution in [2.24, 2.45) is 5.73 Å². The van der Waals surface area contributed by atoms with Crippen LogP contribution in [-0.2, 0) is 6.42 Å². The van der Waals surface area contributed by atoms with E-state index >= 15 is 0 Å². The highest BCUT2D eigenvalue weighted by Gasteiger charge is 2.01. The first kappa shape index (κ1) is 12.4. The molecule has 0 bridgehead atoms. The fourth-order valence-corrected chi connectivity index (χ4v) is 2.02. The second kappa shape index (κ2) is 5.50. The number of hydrogen-bond acceptors (Lipinski definition) is 1. The number of nitrogens with one attached hydrogen (secondary N) is 1. The Morgan fingerprint density at radius 1 is 1.06 bits per heavy atom. The van der Waals surface area contributed by atoms with E-state index in [4.69, 9.17) is 11.1 Å². The fourth-order valence-electron chi connectivity index (χ4n) is 2.02. The molecule has 0 fully saturated rings. The molecular weight excluding hydrogens is 220 g/mol. The lowest BCUT2D eigenvalue weighted by Crippen LogP contribution is -2.10. The topological polar surface area (TPSA) is 49.9 Å². The molecule has 0 saturated heterocycles. The van der Waals surface area contributed by atoms with Crippen LogP contribution in [0.15, 0.2) is 48.5 Å². The predicted octanol–water partition coefficient (Wildman–Crippen LogP) is 3.59. The number of amidine groups is 1. The van der Waals surface area contributed by atoms with Gasteiger partial charge in [-0.2, -0.15) is 0 Å². The van der Waals surface area contributed by atoms with Crippen LogP contribution in [0.1, 0.15) is 24.5 Å². The summed E-state index contributed by atoms with van der Waals surface area (Å²) in [6.45, 7) is 2.18. The molecule has 0 atom stereocenters. The van der Waals surface area contributed by atoms with Crippen LogP contribution < -0.4 is 5.73 Å². The lowest BCUT2D eigenvalue weighted by Gasteiger charge is -2.06. The molecule has 3 N–H and O–H groups in total. The van der Waals surface area contributed by atoms with E-state index in [2.05, 4.69) is 31.2 Å². The first-order chi connectivity index (χ1) is 8.70. The van der Waals surface area contributed by atoms with Gasteiger partial charge in [-0.25, -0.2) is 0 Å². The Morgan fingerprint density at radius 3 is 2.39 bits per heavy atom. The number of benzene rings is 2. The molecule has 0 spiro atoms. The highest BCUT2D eigenvalue weighted by atomic mass is 14.7. The molecule has 18 heavy (non-hydrogen) atoms. The molecule has 0 saturated carbocycles. The van der Waals surface area contributed by atoms with Crippen molar-refractivity contribution in [2.75, 3.05) is 0 Å². The van der Waals surface area contributed by atoms with Crippen molar-refractivity contribution in [3.63, 3.8) is 0 Å². The maximum Gasteiger partial charge on any atom is 0.122 e. The number of hydrogen-bond donors (Lipinski definition) is 2. The minimum absolute atomic E-state index is 0.111. The van der Waals surface area contributed by atoms with Crippen LogP contribution in [0.2, 0.25) is 0 Å². The molecule has 0 unspecified atom stereocenters. The van der Waals surface area contributed by atoms with E-state index in [0.29, 0.717) is 0 Å². The number of aryl methyl sites for hydroxylation is 1. The third kappa shape index (κ3) is 2.77. The summed E-state index contributed by atoms with van der Waals surface area (Å²) in [5, 5.41) is 7.46. The normalized spacial score (nSPS) is 10.3. The zero-order valence-corrected chi connectivity index (χ0v) is 10.6. The highest BCUT2D eigenvalue weighted by Crippen LogP contribution is 2.21. The molecule has 92 valence electrons. The highest BCUT2D eigenvalue weighted by molar-refractivity contribution is 5.96. The average molecular weight is 238 g/mol. The van der Waals surface area contributed by atoms with Crippen molar-refractivity contribution in [3.8, 4) is 11.1 Å². The summed E-state index contributed by atoms with van der Waals surface area (Å²) < 4.78 is 0. The van der Waals surface area contributed by atoms with Crippen molar-refractivity contribution in [1.82, 2.24) is 0 Å². The molecule has 0 radical (unpaired) electrons. The lowest BCUT2D eigenvalue weighted by atomic mass is 10.0. The summed E-state index contributed by atoms with van der Waals surface area (Å²) in [5.74, 6) is 0.111.